The number of hydrogen-bond acceptors (Lipinski definition) is 4. The molecule has 21 heavy (non-hydrogen) atoms. The maximum atomic E-state index is 11.4. The second kappa shape index (κ2) is 5.38. The van der Waals surface area contributed by atoms with Crippen LogP contribution >= 0.6 is 11.6 Å². The maximum Gasteiger partial charge on any atom is 0.339 e. The van der Waals surface area contributed by atoms with Gasteiger partial charge in [-0.25, -0.2) is 14.8 Å². The van der Waals surface area contributed by atoms with Crippen molar-refractivity contribution in [2.75, 3.05) is 0 Å². The molecule has 0 aliphatic carbocycles. The number of aromatic carboxylic acids is 1. The third-order valence-electron chi connectivity index (χ3n) is 2.90. The minimum absolute atomic E-state index is 0.0400. The first-order valence-corrected chi connectivity index (χ1v) is 6.43. The lowest BCUT2D eigenvalue weighted by Crippen LogP contribution is -2.02. The van der Waals surface area contributed by atoms with E-state index in [1.54, 1.807) is 12.1 Å². The molecule has 0 aliphatic heterocycles. The molecule has 0 amide bonds. The summed E-state index contributed by atoms with van der Waals surface area (Å²) in [7, 11) is 0. The van der Waals surface area contributed by atoms with Gasteiger partial charge in [-0.15, -0.1) is 0 Å². The molecule has 104 valence electrons. The molecule has 1 heterocycles. The molecule has 5 nitrogen and oxygen atoms in total. The van der Waals surface area contributed by atoms with Crippen LogP contribution in [0.1, 0.15) is 10.4 Å². The zero-order valence-corrected chi connectivity index (χ0v) is 11.4. The third kappa shape index (κ3) is 2.64. The van der Waals surface area contributed by atoms with Crippen LogP contribution in [0.5, 0.6) is 11.8 Å². The van der Waals surface area contributed by atoms with Crippen LogP contribution in [0, 0.1) is 0 Å². The van der Waals surface area contributed by atoms with E-state index in [4.69, 9.17) is 16.3 Å². The van der Waals surface area contributed by atoms with E-state index in [-0.39, 0.29) is 17.3 Å². The molecular formula is C15H9ClN2O3. The molecule has 3 rings (SSSR count). The van der Waals surface area contributed by atoms with Gasteiger partial charge in [-0.3, -0.25) is 0 Å². The van der Waals surface area contributed by atoms with E-state index in [0.29, 0.717) is 10.4 Å². The van der Waals surface area contributed by atoms with Crippen LogP contribution in [0.4, 0.5) is 0 Å². The Morgan fingerprint density at radius 1 is 1.10 bits per heavy atom. The molecule has 0 bridgehead atoms. The van der Waals surface area contributed by atoms with Crippen molar-refractivity contribution in [1.29, 1.82) is 0 Å². The standard InChI is InChI=1S/C15H9ClN2O3/c16-10-7-17-15(18-8-10)21-13-11-4-2-1-3-9(11)5-6-12(13)14(19)20/h1-8H,(H,19,20). The van der Waals surface area contributed by atoms with Crippen molar-refractivity contribution in [3.8, 4) is 11.8 Å². The van der Waals surface area contributed by atoms with Gasteiger partial charge in [0.15, 0.2) is 5.75 Å². The number of rotatable bonds is 3. The molecule has 2 aromatic carbocycles. The van der Waals surface area contributed by atoms with E-state index in [1.165, 1.54) is 18.5 Å². The van der Waals surface area contributed by atoms with Gasteiger partial charge in [0.05, 0.1) is 17.4 Å². The summed E-state index contributed by atoms with van der Waals surface area (Å²) in [6.45, 7) is 0. The molecule has 0 spiro atoms. The Balaban J connectivity index is 2.16. The number of aromatic nitrogens is 2. The molecule has 1 aromatic heterocycles. The Morgan fingerprint density at radius 2 is 1.81 bits per heavy atom. The van der Waals surface area contributed by atoms with Gasteiger partial charge in [0, 0.05) is 5.39 Å². The summed E-state index contributed by atoms with van der Waals surface area (Å²) >= 11 is 5.72. The smallest absolute Gasteiger partial charge is 0.339 e. The van der Waals surface area contributed by atoms with E-state index in [9.17, 15) is 9.90 Å². The summed E-state index contributed by atoms with van der Waals surface area (Å²) in [6, 6.07) is 10.6. The van der Waals surface area contributed by atoms with Crippen LogP contribution in [0.3, 0.4) is 0 Å². The van der Waals surface area contributed by atoms with Crippen molar-refractivity contribution < 1.29 is 14.6 Å². The summed E-state index contributed by atoms with van der Waals surface area (Å²) in [5.41, 5.74) is 0.0484. The van der Waals surface area contributed by atoms with Gasteiger partial charge in [-0.05, 0) is 11.5 Å². The highest BCUT2D eigenvalue weighted by atomic mass is 35.5. The van der Waals surface area contributed by atoms with Crippen molar-refractivity contribution >= 4 is 28.3 Å². The first-order chi connectivity index (χ1) is 10.1. The van der Waals surface area contributed by atoms with Crippen LogP contribution in [-0.2, 0) is 0 Å². The summed E-state index contributed by atoms with van der Waals surface area (Å²) in [5.74, 6) is -0.868. The van der Waals surface area contributed by atoms with E-state index < -0.39 is 5.97 Å². The molecule has 0 radical (unpaired) electrons. The number of nitrogens with zero attached hydrogens (tertiary/aromatic N) is 2. The van der Waals surface area contributed by atoms with Crippen LogP contribution < -0.4 is 4.74 Å². The molecule has 3 aromatic rings. The highest BCUT2D eigenvalue weighted by Crippen LogP contribution is 2.32. The summed E-state index contributed by atoms with van der Waals surface area (Å²) in [5, 5.41) is 11.2. The summed E-state index contributed by atoms with van der Waals surface area (Å²) < 4.78 is 5.58. The van der Waals surface area contributed by atoms with Crippen molar-refractivity contribution in [3.63, 3.8) is 0 Å². The largest absolute Gasteiger partial charge is 0.478 e. The van der Waals surface area contributed by atoms with Gasteiger partial charge in [0.25, 0.3) is 0 Å². The molecule has 0 unspecified atom stereocenters. The van der Waals surface area contributed by atoms with Gasteiger partial charge >= 0.3 is 12.0 Å². The second-order valence-electron chi connectivity index (χ2n) is 4.25. The third-order valence-corrected chi connectivity index (χ3v) is 3.10. The molecular weight excluding hydrogens is 292 g/mol. The van der Waals surface area contributed by atoms with Gasteiger partial charge < -0.3 is 9.84 Å². The molecule has 0 fully saturated rings. The lowest BCUT2D eigenvalue weighted by Gasteiger charge is -2.10. The molecule has 0 atom stereocenters. The van der Waals surface area contributed by atoms with E-state index in [2.05, 4.69) is 9.97 Å². The zero-order chi connectivity index (χ0) is 14.8. The lowest BCUT2D eigenvalue weighted by molar-refractivity contribution is 0.0694. The summed E-state index contributed by atoms with van der Waals surface area (Å²) in [4.78, 5) is 19.2. The Kier molecular flexibility index (Phi) is 3.41. The lowest BCUT2D eigenvalue weighted by atomic mass is 10.1. The minimum atomic E-state index is -1.08. The van der Waals surface area contributed by atoms with Crippen molar-refractivity contribution in [1.82, 2.24) is 9.97 Å². The normalized spacial score (nSPS) is 10.5. The monoisotopic (exact) mass is 300 g/mol. The van der Waals surface area contributed by atoms with E-state index >= 15 is 0 Å². The highest BCUT2D eigenvalue weighted by Gasteiger charge is 2.16. The topological polar surface area (TPSA) is 72.3 Å². The van der Waals surface area contributed by atoms with Crippen LogP contribution in [0.15, 0.2) is 48.8 Å². The van der Waals surface area contributed by atoms with Gasteiger partial charge in [0.2, 0.25) is 0 Å². The number of ether oxygens (including phenoxy) is 1. The number of carbonyl (C=O) groups is 1. The number of carboxylic acid groups (broad SMARTS) is 1. The van der Waals surface area contributed by atoms with E-state index in [1.807, 2.05) is 18.2 Å². The number of fused-ring (bicyclic) bond motifs is 1. The van der Waals surface area contributed by atoms with Gasteiger partial charge in [-0.1, -0.05) is 41.9 Å². The number of carboxylic acids is 1. The first-order valence-electron chi connectivity index (χ1n) is 6.05. The van der Waals surface area contributed by atoms with Crippen LogP contribution in [0.2, 0.25) is 5.02 Å². The van der Waals surface area contributed by atoms with Crippen molar-refractivity contribution in [2.45, 2.75) is 0 Å². The molecule has 6 heteroatoms. The second-order valence-corrected chi connectivity index (χ2v) is 4.69. The molecule has 0 aliphatic rings. The highest BCUT2D eigenvalue weighted by molar-refractivity contribution is 6.30. The first kappa shape index (κ1) is 13.3. The number of benzene rings is 2. The van der Waals surface area contributed by atoms with Gasteiger partial charge in [0.1, 0.15) is 5.56 Å². The Morgan fingerprint density at radius 3 is 2.52 bits per heavy atom. The molecule has 0 saturated heterocycles. The van der Waals surface area contributed by atoms with Crippen LogP contribution in [0.25, 0.3) is 10.8 Å². The maximum absolute atomic E-state index is 11.4. The number of halogens is 1. The molecule has 0 saturated carbocycles. The predicted octanol–water partition coefficient (Wildman–Crippen LogP) is 3.77. The molecule has 1 N–H and O–H groups in total. The fraction of sp³-hybridized carbons (Fsp3) is 0. The van der Waals surface area contributed by atoms with E-state index in [0.717, 1.165) is 5.39 Å². The fourth-order valence-electron chi connectivity index (χ4n) is 1.97. The number of hydrogen-bond donors (Lipinski definition) is 1. The average Bonchev–Trinajstić information content (AvgIpc) is 2.49. The summed E-state index contributed by atoms with van der Waals surface area (Å²) in [6.07, 6.45) is 2.77. The van der Waals surface area contributed by atoms with Gasteiger partial charge in [-0.2, -0.15) is 0 Å². The Hall–Kier alpha value is -2.66. The zero-order valence-electron chi connectivity index (χ0n) is 10.7. The minimum Gasteiger partial charge on any atom is -0.478 e. The Labute approximate surface area is 124 Å². The quantitative estimate of drug-likeness (QED) is 0.797. The van der Waals surface area contributed by atoms with Crippen molar-refractivity contribution in [2.24, 2.45) is 0 Å². The fourth-order valence-corrected chi connectivity index (χ4v) is 2.06. The van der Waals surface area contributed by atoms with Crippen molar-refractivity contribution in [3.05, 3.63) is 59.4 Å². The predicted molar refractivity (Wildman–Crippen MR) is 78.0 cm³/mol. The Bertz CT molecular complexity index is 819. The SMILES string of the molecule is O=C(O)c1ccc2ccccc2c1Oc1ncc(Cl)cn1. The average molecular weight is 301 g/mol. The van der Waals surface area contributed by atoms with Crippen LogP contribution in [-0.4, -0.2) is 21.0 Å².